The summed E-state index contributed by atoms with van der Waals surface area (Å²) in [6, 6.07) is 0. The third-order valence-electron chi connectivity index (χ3n) is 4.57. The normalized spacial score (nSPS) is 34.1. The maximum atomic E-state index is 10.9. The average molecular weight is 213 g/mol. The molecule has 0 bridgehead atoms. The lowest BCUT2D eigenvalue weighted by Crippen LogP contribution is -2.41. The number of nitrogens with one attached hydrogen (secondary N) is 1. The number of rotatable bonds is 3. The van der Waals surface area contributed by atoms with Crippen LogP contribution in [-0.2, 0) is 4.79 Å². The van der Waals surface area contributed by atoms with Crippen molar-refractivity contribution in [1.29, 1.82) is 0 Å². The predicted octanol–water partition coefficient (Wildman–Crippen LogP) is 1.56. The Morgan fingerprint density at radius 3 is 2.47 bits per heavy atom. The summed E-state index contributed by atoms with van der Waals surface area (Å²) in [6.45, 7) is 9.05. The zero-order chi connectivity index (χ0) is 11.7. The highest BCUT2D eigenvalue weighted by Crippen LogP contribution is 2.55. The monoisotopic (exact) mass is 213 g/mol. The van der Waals surface area contributed by atoms with Gasteiger partial charge in [-0.2, -0.15) is 0 Å². The first kappa shape index (κ1) is 12.5. The van der Waals surface area contributed by atoms with E-state index in [1.54, 1.807) is 6.92 Å². The van der Waals surface area contributed by atoms with Gasteiger partial charge in [-0.05, 0) is 29.6 Å². The van der Waals surface area contributed by atoms with Crippen LogP contribution in [0.15, 0.2) is 0 Å². The van der Waals surface area contributed by atoms with Gasteiger partial charge in [0.1, 0.15) is 0 Å². The van der Waals surface area contributed by atoms with E-state index in [-0.39, 0.29) is 23.3 Å². The minimum Gasteiger partial charge on any atom is -0.396 e. The maximum Gasteiger partial charge on any atom is 0.216 e. The Morgan fingerprint density at radius 2 is 2.07 bits per heavy atom. The number of aliphatic hydroxyl groups is 1. The minimum absolute atomic E-state index is 0.00383. The van der Waals surface area contributed by atoms with E-state index in [9.17, 15) is 9.90 Å². The summed E-state index contributed by atoms with van der Waals surface area (Å²) >= 11 is 0. The molecule has 2 atom stereocenters. The Kier molecular flexibility index (Phi) is 3.44. The molecule has 1 aliphatic carbocycles. The molecule has 2 N–H and O–H groups in total. The second kappa shape index (κ2) is 4.12. The van der Waals surface area contributed by atoms with Gasteiger partial charge in [-0.15, -0.1) is 0 Å². The standard InChI is InChI=1S/C12H23NO2/c1-9(15)13-7-10-5-6-12(4,8-14)11(10,2)3/h10,14H,5-8H2,1-4H3,(H,13,15)/t10-,12+/m1/s1. The van der Waals surface area contributed by atoms with E-state index in [1.165, 1.54) is 0 Å². The fourth-order valence-corrected chi connectivity index (χ4v) is 2.58. The van der Waals surface area contributed by atoms with Crippen LogP contribution in [0, 0.1) is 16.7 Å². The summed E-state index contributed by atoms with van der Waals surface area (Å²) < 4.78 is 0. The SMILES string of the molecule is CC(=O)NC[C@H]1CC[C@@](C)(CO)C1(C)C. The lowest BCUT2D eigenvalue weighted by molar-refractivity contribution is -0.119. The number of carbonyl (C=O) groups excluding carboxylic acids is 1. The van der Waals surface area contributed by atoms with Crippen molar-refractivity contribution in [3.05, 3.63) is 0 Å². The molecular weight excluding hydrogens is 190 g/mol. The summed E-state index contributed by atoms with van der Waals surface area (Å²) in [4.78, 5) is 10.9. The van der Waals surface area contributed by atoms with Crippen LogP contribution in [0.1, 0.15) is 40.5 Å². The molecule has 0 spiro atoms. The van der Waals surface area contributed by atoms with Gasteiger partial charge in [0.25, 0.3) is 0 Å². The predicted molar refractivity (Wildman–Crippen MR) is 60.4 cm³/mol. The van der Waals surface area contributed by atoms with Crippen LogP contribution in [0.3, 0.4) is 0 Å². The highest BCUT2D eigenvalue weighted by atomic mass is 16.3. The summed E-state index contributed by atoms with van der Waals surface area (Å²) in [7, 11) is 0. The molecule has 1 aliphatic rings. The van der Waals surface area contributed by atoms with Crippen LogP contribution >= 0.6 is 0 Å². The van der Waals surface area contributed by atoms with Gasteiger partial charge in [0.15, 0.2) is 0 Å². The lowest BCUT2D eigenvalue weighted by Gasteiger charge is -2.40. The molecule has 15 heavy (non-hydrogen) atoms. The molecule has 0 aromatic heterocycles. The number of aliphatic hydroxyl groups excluding tert-OH is 1. The zero-order valence-electron chi connectivity index (χ0n) is 10.3. The Morgan fingerprint density at radius 1 is 1.47 bits per heavy atom. The molecule has 3 nitrogen and oxygen atoms in total. The number of carbonyl (C=O) groups is 1. The van der Waals surface area contributed by atoms with E-state index in [2.05, 4.69) is 26.1 Å². The minimum atomic E-state index is -0.00383. The van der Waals surface area contributed by atoms with Gasteiger partial charge in [-0.3, -0.25) is 4.79 Å². The first-order valence-electron chi connectivity index (χ1n) is 5.69. The molecule has 88 valence electrons. The Bertz CT molecular complexity index is 250. The Labute approximate surface area is 92.3 Å². The second-order valence-corrected chi connectivity index (χ2v) is 5.61. The lowest BCUT2D eigenvalue weighted by atomic mass is 9.66. The molecule has 1 saturated carbocycles. The second-order valence-electron chi connectivity index (χ2n) is 5.61. The molecule has 0 aromatic rings. The third-order valence-corrected chi connectivity index (χ3v) is 4.57. The zero-order valence-corrected chi connectivity index (χ0v) is 10.3. The Hall–Kier alpha value is -0.570. The molecule has 0 saturated heterocycles. The summed E-state index contributed by atoms with van der Waals surface area (Å²) in [5.74, 6) is 0.502. The van der Waals surface area contributed by atoms with E-state index in [1.807, 2.05) is 0 Å². The van der Waals surface area contributed by atoms with Crippen molar-refractivity contribution in [2.24, 2.45) is 16.7 Å². The quantitative estimate of drug-likeness (QED) is 0.747. The number of hydrogen-bond acceptors (Lipinski definition) is 2. The molecule has 0 aliphatic heterocycles. The van der Waals surface area contributed by atoms with Crippen molar-refractivity contribution in [2.75, 3.05) is 13.2 Å². The van der Waals surface area contributed by atoms with Crippen molar-refractivity contribution in [1.82, 2.24) is 5.32 Å². The first-order valence-corrected chi connectivity index (χ1v) is 5.69. The van der Waals surface area contributed by atoms with Crippen molar-refractivity contribution < 1.29 is 9.90 Å². The van der Waals surface area contributed by atoms with E-state index in [0.717, 1.165) is 19.4 Å². The molecule has 1 rings (SSSR count). The van der Waals surface area contributed by atoms with Crippen LogP contribution in [0.5, 0.6) is 0 Å². The largest absolute Gasteiger partial charge is 0.396 e. The first-order chi connectivity index (χ1) is 6.83. The Balaban J connectivity index is 2.67. The maximum absolute atomic E-state index is 10.9. The molecule has 0 radical (unpaired) electrons. The van der Waals surface area contributed by atoms with Crippen LogP contribution in [0.2, 0.25) is 0 Å². The van der Waals surface area contributed by atoms with Crippen LogP contribution in [0.25, 0.3) is 0 Å². The van der Waals surface area contributed by atoms with Gasteiger partial charge >= 0.3 is 0 Å². The van der Waals surface area contributed by atoms with Crippen LogP contribution in [-0.4, -0.2) is 24.2 Å². The smallest absolute Gasteiger partial charge is 0.216 e. The van der Waals surface area contributed by atoms with Crippen LogP contribution in [0.4, 0.5) is 0 Å². The van der Waals surface area contributed by atoms with Gasteiger partial charge in [-0.25, -0.2) is 0 Å². The molecule has 0 aromatic carbocycles. The van der Waals surface area contributed by atoms with Gasteiger partial charge in [0, 0.05) is 20.1 Å². The van der Waals surface area contributed by atoms with E-state index < -0.39 is 0 Å². The van der Waals surface area contributed by atoms with Gasteiger partial charge in [0.2, 0.25) is 5.91 Å². The molecule has 0 heterocycles. The summed E-state index contributed by atoms with van der Waals surface area (Å²) in [5.41, 5.74) is 0.0837. The highest BCUT2D eigenvalue weighted by molar-refractivity contribution is 5.72. The van der Waals surface area contributed by atoms with E-state index >= 15 is 0 Å². The van der Waals surface area contributed by atoms with E-state index in [4.69, 9.17) is 0 Å². The number of hydrogen-bond donors (Lipinski definition) is 2. The molecule has 1 amide bonds. The fourth-order valence-electron chi connectivity index (χ4n) is 2.58. The fraction of sp³-hybridized carbons (Fsp3) is 0.917. The van der Waals surface area contributed by atoms with Gasteiger partial charge < -0.3 is 10.4 Å². The van der Waals surface area contributed by atoms with Crippen molar-refractivity contribution >= 4 is 5.91 Å². The summed E-state index contributed by atoms with van der Waals surface area (Å²) in [6.07, 6.45) is 2.13. The van der Waals surface area contributed by atoms with Crippen molar-refractivity contribution in [3.63, 3.8) is 0 Å². The van der Waals surface area contributed by atoms with Crippen molar-refractivity contribution in [2.45, 2.75) is 40.5 Å². The third kappa shape index (κ3) is 2.17. The molecule has 3 heteroatoms. The van der Waals surface area contributed by atoms with Gasteiger partial charge in [-0.1, -0.05) is 20.8 Å². The number of amides is 1. The highest BCUT2D eigenvalue weighted by Gasteiger charge is 2.50. The molecule has 0 unspecified atom stereocenters. The molecular formula is C12H23NO2. The van der Waals surface area contributed by atoms with E-state index in [0.29, 0.717) is 5.92 Å². The average Bonchev–Trinajstić information content (AvgIpc) is 2.37. The summed E-state index contributed by atoms with van der Waals surface area (Å²) in [5, 5.41) is 12.4. The van der Waals surface area contributed by atoms with Gasteiger partial charge in [0.05, 0.1) is 0 Å². The molecule has 1 fully saturated rings. The van der Waals surface area contributed by atoms with Crippen LogP contribution < -0.4 is 5.32 Å². The van der Waals surface area contributed by atoms with Crippen molar-refractivity contribution in [3.8, 4) is 0 Å². The topological polar surface area (TPSA) is 49.3 Å².